The quantitative estimate of drug-likeness (QED) is 0.938. The van der Waals surface area contributed by atoms with Gasteiger partial charge in [0.15, 0.2) is 5.78 Å². The molecule has 0 heterocycles. The van der Waals surface area contributed by atoms with Crippen molar-refractivity contribution in [1.82, 2.24) is 5.32 Å². The summed E-state index contributed by atoms with van der Waals surface area (Å²) in [5, 5.41) is 3.15. The summed E-state index contributed by atoms with van der Waals surface area (Å²) >= 11 is 0. The third-order valence-electron chi connectivity index (χ3n) is 3.73. The normalized spacial score (nSPS) is 14.0. The number of fused-ring (bicyclic) bond motifs is 1. The SMILES string of the molecule is CCCNC1=C(c2ccccc2)C(=O)c2ccccc2C1=O. The Morgan fingerprint density at radius 2 is 1.41 bits per heavy atom. The van der Waals surface area contributed by atoms with Crippen molar-refractivity contribution in [2.45, 2.75) is 13.3 Å². The number of hydrogen-bond acceptors (Lipinski definition) is 3. The van der Waals surface area contributed by atoms with E-state index in [0.29, 0.717) is 28.9 Å². The van der Waals surface area contributed by atoms with Gasteiger partial charge in [-0.3, -0.25) is 9.59 Å². The van der Waals surface area contributed by atoms with Crippen LogP contribution >= 0.6 is 0 Å². The average molecular weight is 291 g/mol. The monoisotopic (exact) mass is 291 g/mol. The first-order chi connectivity index (χ1) is 10.7. The van der Waals surface area contributed by atoms with E-state index in [1.807, 2.05) is 37.3 Å². The van der Waals surface area contributed by atoms with Crippen LogP contribution in [0.4, 0.5) is 0 Å². The van der Waals surface area contributed by atoms with Gasteiger partial charge in [0, 0.05) is 17.7 Å². The molecule has 3 rings (SSSR count). The minimum Gasteiger partial charge on any atom is -0.381 e. The maximum atomic E-state index is 12.9. The molecule has 1 aliphatic carbocycles. The van der Waals surface area contributed by atoms with Crippen LogP contribution in [0.3, 0.4) is 0 Å². The highest BCUT2D eigenvalue weighted by atomic mass is 16.1. The van der Waals surface area contributed by atoms with Crippen LogP contribution in [0.1, 0.15) is 39.6 Å². The molecule has 0 aromatic heterocycles. The minimum atomic E-state index is -0.109. The number of benzene rings is 2. The summed E-state index contributed by atoms with van der Waals surface area (Å²) in [4.78, 5) is 25.7. The van der Waals surface area contributed by atoms with Crippen LogP contribution in [-0.2, 0) is 0 Å². The molecule has 0 amide bonds. The van der Waals surface area contributed by atoms with Crippen molar-refractivity contribution in [3.8, 4) is 0 Å². The van der Waals surface area contributed by atoms with Crippen LogP contribution in [-0.4, -0.2) is 18.1 Å². The van der Waals surface area contributed by atoms with Crippen LogP contribution in [0.25, 0.3) is 5.57 Å². The summed E-state index contributed by atoms with van der Waals surface area (Å²) in [6.45, 7) is 2.69. The van der Waals surface area contributed by atoms with Gasteiger partial charge in [0.1, 0.15) is 0 Å². The lowest BCUT2D eigenvalue weighted by atomic mass is 9.84. The molecule has 0 bridgehead atoms. The number of carbonyl (C=O) groups is 2. The van der Waals surface area contributed by atoms with Crippen molar-refractivity contribution < 1.29 is 9.59 Å². The second-order valence-electron chi connectivity index (χ2n) is 5.25. The Labute approximate surface area is 129 Å². The maximum absolute atomic E-state index is 12.9. The van der Waals surface area contributed by atoms with Gasteiger partial charge in [0.05, 0.1) is 11.3 Å². The Morgan fingerprint density at radius 3 is 2.05 bits per heavy atom. The molecule has 1 aliphatic rings. The van der Waals surface area contributed by atoms with E-state index in [4.69, 9.17) is 0 Å². The van der Waals surface area contributed by atoms with E-state index in [0.717, 1.165) is 12.0 Å². The molecule has 0 aliphatic heterocycles. The van der Waals surface area contributed by atoms with E-state index >= 15 is 0 Å². The van der Waals surface area contributed by atoms with Crippen molar-refractivity contribution in [2.24, 2.45) is 0 Å². The lowest BCUT2D eigenvalue weighted by Gasteiger charge is -2.22. The third kappa shape index (κ3) is 2.35. The third-order valence-corrected chi connectivity index (χ3v) is 3.73. The fourth-order valence-corrected chi connectivity index (χ4v) is 2.67. The number of rotatable bonds is 4. The number of Topliss-reactive ketones (excluding diaryl/α,β-unsaturated/α-hetero) is 2. The molecule has 1 N–H and O–H groups in total. The molecule has 22 heavy (non-hydrogen) atoms. The molecule has 0 unspecified atom stereocenters. The summed E-state index contributed by atoms with van der Waals surface area (Å²) in [6.07, 6.45) is 0.884. The highest BCUT2D eigenvalue weighted by Gasteiger charge is 2.32. The number of carbonyl (C=O) groups excluding carboxylic acids is 2. The molecule has 0 fully saturated rings. The van der Waals surface area contributed by atoms with Crippen molar-refractivity contribution in [3.63, 3.8) is 0 Å². The van der Waals surface area contributed by atoms with Gasteiger partial charge >= 0.3 is 0 Å². The van der Waals surface area contributed by atoms with E-state index in [9.17, 15) is 9.59 Å². The molecule has 3 nitrogen and oxygen atoms in total. The Hall–Kier alpha value is -2.68. The van der Waals surface area contributed by atoms with E-state index in [1.54, 1.807) is 24.3 Å². The fraction of sp³-hybridized carbons (Fsp3) is 0.158. The topological polar surface area (TPSA) is 46.2 Å². The number of allylic oxidation sites excluding steroid dienone is 2. The number of hydrogen-bond donors (Lipinski definition) is 1. The second-order valence-corrected chi connectivity index (χ2v) is 5.25. The van der Waals surface area contributed by atoms with E-state index < -0.39 is 0 Å². The summed E-state index contributed by atoms with van der Waals surface area (Å²) in [5.74, 6) is -0.206. The number of ketones is 2. The maximum Gasteiger partial charge on any atom is 0.210 e. The van der Waals surface area contributed by atoms with Crippen LogP contribution in [0, 0.1) is 0 Å². The van der Waals surface area contributed by atoms with Crippen LogP contribution in [0.2, 0.25) is 0 Å². The van der Waals surface area contributed by atoms with Crippen LogP contribution in [0.15, 0.2) is 60.3 Å². The van der Waals surface area contributed by atoms with E-state index in [2.05, 4.69) is 5.32 Å². The first-order valence-electron chi connectivity index (χ1n) is 7.46. The summed E-state index contributed by atoms with van der Waals surface area (Å²) in [5.41, 5.74) is 2.61. The fourth-order valence-electron chi connectivity index (χ4n) is 2.67. The lowest BCUT2D eigenvalue weighted by Crippen LogP contribution is -2.30. The summed E-state index contributed by atoms with van der Waals surface area (Å²) in [7, 11) is 0. The highest BCUT2D eigenvalue weighted by Crippen LogP contribution is 2.31. The average Bonchev–Trinajstić information content (AvgIpc) is 2.57. The molecule has 0 saturated heterocycles. The first-order valence-corrected chi connectivity index (χ1v) is 7.46. The van der Waals surface area contributed by atoms with Crippen molar-refractivity contribution in [2.75, 3.05) is 6.54 Å². The van der Waals surface area contributed by atoms with Crippen molar-refractivity contribution in [1.29, 1.82) is 0 Å². The largest absolute Gasteiger partial charge is 0.381 e. The first kappa shape index (κ1) is 14.3. The molecule has 0 atom stereocenters. The van der Waals surface area contributed by atoms with Gasteiger partial charge in [-0.25, -0.2) is 0 Å². The van der Waals surface area contributed by atoms with Crippen molar-refractivity contribution in [3.05, 3.63) is 77.0 Å². The Morgan fingerprint density at radius 1 is 0.818 bits per heavy atom. The van der Waals surface area contributed by atoms with E-state index in [1.165, 1.54) is 0 Å². The molecule has 0 radical (unpaired) electrons. The molecule has 2 aromatic rings. The Kier molecular flexibility index (Phi) is 3.88. The predicted octanol–water partition coefficient (Wildman–Crippen LogP) is 3.48. The molecule has 110 valence electrons. The van der Waals surface area contributed by atoms with Gasteiger partial charge in [-0.05, 0) is 12.0 Å². The zero-order chi connectivity index (χ0) is 15.5. The highest BCUT2D eigenvalue weighted by molar-refractivity contribution is 6.40. The van der Waals surface area contributed by atoms with Gasteiger partial charge in [-0.1, -0.05) is 61.5 Å². The minimum absolute atomic E-state index is 0.0972. The smallest absolute Gasteiger partial charge is 0.210 e. The zero-order valence-corrected chi connectivity index (χ0v) is 12.4. The van der Waals surface area contributed by atoms with Crippen LogP contribution in [0.5, 0.6) is 0 Å². The molecule has 0 saturated carbocycles. The Bertz CT molecular complexity index is 760. The molecular formula is C19H17NO2. The van der Waals surface area contributed by atoms with Gasteiger partial charge in [0.25, 0.3) is 0 Å². The van der Waals surface area contributed by atoms with Gasteiger partial charge in [-0.15, -0.1) is 0 Å². The molecular weight excluding hydrogens is 274 g/mol. The summed E-state index contributed by atoms with van der Waals surface area (Å²) in [6, 6.07) is 16.4. The summed E-state index contributed by atoms with van der Waals surface area (Å²) < 4.78 is 0. The lowest BCUT2D eigenvalue weighted by molar-refractivity contribution is 0.0985. The zero-order valence-electron chi connectivity index (χ0n) is 12.4. The standard InChI is InChI=1S/C19H17NO2/c1-2-12-20-17-16(13-8-4-3-5-9-13)18(21)14-10-6-7-11-15(14)19(17)22/h3-11,20H,2,12H2,1H3. The van der Waals surface area contributed by atoms with Gasteiger partial charge in [-0.2, -0.15) is 0 Å². The van der Waals surface area contributed by atoms with E-state index in [-0.39, 0.29) is 11.6 Å². The van der Waals surface area contributed by atoms with Crippen molar-refractivity contribution >= 4 is 17.1 Å². The molecule has 2 aromatic carbocycles. The Balaban J connectivity index is 2.20. The number of nitrogens with one attached hydrogen (secondary N) is 1. The molecule has 0 spiro atoms. The van der Waals surface area contributed by atoms with Gasteiger partial charge < -0.3 is 5.32 Å². The van der Waals surface area contributed by atoms with Gasteiger partial charge in [0.2, 0.25) is 5.78 Å². The van der Waals surface area contributed by atoms with Crippen LogP contribution < -0.4 is 5.32 Å². The second kappa shape index (κ2) is 5.98. The predicted molar refractivity (Wildman–Crippen MR) is 86.8 cm³/mol. The molecule has 3 heteroatoms.